The Morgan fingerprint density at radius 3 is 2.90 bits per heavy atom. The summed E-state index contributed by atoms with van der Waals surface area (Å²) >= 11 is 1.53. The van der Waals surface area contributed by atoms with Crippen molar-refractivity contribution in [2.45, 2.75) is 20.4 Å². The highest BCUT2D eigenvalue weighted by Gasteiger charge is 2.22. The fourth-order valence-corrected chi connectivity index (χ4v) is 2.53. The van der Waals surface area contributed by atoms with Gasteiger partial charge in [-0.3, -0.25) is 0 Å². The van der Waals surface area contributed by atoms with E-state index in [2.05, 4.69) is 10.3 Å². The van der Waals surface area contributed by atoms with Gasteiger partial charge in [-0.05, 0) is 25.3 Å². The molecule has 6 nitrogen and oxygen atoms in total. The number of hydrogen-bond acceptors (Lipinski definition) is 6. The SMILES string of the molecule is CCOCCn1nnc(C(=O)OCC)c1-c1cccs1. The van der Waals surface area contributed by atoms with Gasteiger partial charge >= 0.3 is 5.97 Å². The second-order valence-corrected chi connectivity index (χ2v) is 4.85. The van der Waals surface area contributed by atoms with Crippen LogP contribution in [0.15, 0.2) is 17.5 Å². The van der Waals surface area contributed by atoms with Crippen LogP contribution < -0.4 is 0 Å². The van der Waals surface area contributed by atoms with Crippen molar-refractivity contribution in [1.82, 2.24) is 15.0 Å². The van der Waals surface area contributed by atoms with E-state index in [0.717, 1.165) is 4.88 Å². The predicted octanol–water partition coefficient (Wildman–Crippen LogP) is 2.22. The van der Waals surface area contributed by atoms with Gasteiger partial charge in [0, 0.05) is 6.61 Å². The molecule has 0 radical (unpaired) electrons. The second-order valence-electron chi connectivity index (χ2n) is 3.90. The first-order valence-corrected chi connectivity index (χ1v) is 7.38. The molecule has 0 saturated carbocycles. The van der Waals surface area contributed by atoms with E-state index < -0.39 is 5.97 Å². The molecule has 0 amide bonds. The lowest BCUT2D eigenvalue weighted by atomic mass is 10.2. The van der Waals surface area contributed by atoms with Crippen molar-refractivity contribution < 1.29 is 14.3 Å². The van der Waals surface area contributed by atoms with Gasteiger partial charge < -0.3 is 9.47 Å². The molecule has 0 aliphatic heterocycles. The van der Waals surface area contributed by atoms with Gasteiger partial charge in [-0.2, -0.15) is 0 Å². The quantitative estimate of drug-likeness (QED) is 0.579. The average molecular weight is 295 g/mol. The molecule has 2 rings (SSSR count). The van der Waals surface area contributed by atoms with Crippen LogP contribution in [-0.2, 0) is 16.0 Å². The maximum atomic E-state index is 11.9. The Bertz CT molecular complexity index is 551. The van der Waals surface area contributed by atoms with Crippen molar-refractivity contribution in [3.63, 3.8) is 0 Å². The van der Waals surface area contributed by atoms with Crippen molar-refractivity contribution in [3.05, 3.63) is 23.2 Å². The molecule has 0 spiro atoms. The Balaban J connectivity index is 2.31. The number of hydrogen-bond donors (Lipinski definition) is 0. The minimum atomic E-state index is -0.446. The summed E-state index contributed by atoms with van der Waals surface area (Å²) in [5, 5.41) is 9.95. The topological polar surface area (TPSA) is 66.2 Å². The molecule has 2 aromatic heterocycles. The van der Waals surface area contributed by atoms with Crippen molar-refractivity contribution in [2.75, 3.05) is 19.8 Å². The van der Waals surface area contributed by atoms with Crippen LogP contribution in [0.4, 0.5) is 0 Å². The molecule has 0 aromatic carbocycles. The van der Waals surface area contributed by atoms with E-state index in [1.54, 1.807) is 11.6 Å². The summed E-state index contributed by atoms with van der Waals surface area (Å²) in [4.78, 5) is 12.9. The lowest BCUT2D eigenvalue weighted by Gasteiger charge is -2.06. The van der Waals surface area contributed by atoms with Crippen LogP contribution in [-0.4, -0.2) is 40.8 Å². The highest BCUT2D eigenvalue weighted by molar-refractivity contribution is 7.13. The Morgan fingerprint density at radius 1 is 1.40 bits per heavy atom. The minimum Gasteiger partial charge on any atom is -0.461 e. The van der Waals surface area contributed by atoms with Gasteiger partial charge in [-0.25, -0.2) is 9.48 Å². The summed E-state index contributed by atoms with van der Waals surface area (Å²) in [5.74, 6) is -0.446. The molecule has 7 heteroatoms. The minimum absolute atomic E-state index is 0.255. The standard InChI is InChI=1S/C13H17N3O3S/c1-3-18-8-7-16-12(10-6-5-9-20-10)11(14-15-16)13(17)19-4-2/h5-6,9H,3-4,7-8H2,1-2H3. The van der Waals surface area contributed by atoms with Crippen LogP contribution >= 0.6 is 11.3 Å². The van der Waals surface area contributed by atoms with Crippen molar-refractivity contribution in [1.29, 1.82) is 0 Å². The van der Waals surface area contributed by atoms with Crippen molar-refractivity contribution in [2.24, 2.45) is 0 Å². The largest absolute Gasteiger partial charge is 0.461 e. The third kappa shape index (κ3) is 3.23. The smallest absolute Gasteiger partial charge is 0.361 e. The zero-order valence-corrected chi connectivity index (χ0v) is 12.4. The molecule has 20 heavy (non-hydrogen) atoms. The summed E-state index contributed by atoms with van der Waals surface area (Å²) in [6, 6.07) is 3.86. The molecule has 0 aliphatic carbocycles. The molecule has 0 bridgehead atoms. The summed E-state index contributed by atoms with van der Waals surface area (Å²) in [5.41, 5.74) is 0.948. The number of carbonyl (C=O) groups is 1. The van der Waals surface area contributed by atoms with Crippen molar-refractivity contribution in [3.8, 4) is 10.6 Å². The molecule has 0 fully saturated rings. The highest BCUT2D eigenvalue weighted by Crippen LogP contribution is 2.27. The van der Waals surface area contributed by atoms with Crippen molar-refractivity contribution >= 4 is 17.3 Å². The van der Waals surface area contributed by atoms with Crippen LogP contribution in [0.25, 0.3) is 10.6 Å². The van der Waals surface area contributed by atoms with Gasteiger partial charge in [0.05, 0.1) is 24.6 Å². The normalized spacial score (nSPS) is 10.7. The van der Waals surface area contributed by atoms with Crippen LogP contribution in [0.1, 0.15) is 24.3 Å². The van der Waals surface area contributed by atoms with Gasteiger partial charge in [0.15, 0.2) is 5.69 Å². The fraction of sp³-hybridized carbons (Fsp3) is 0.462. The zero-order chi connectivity index (χ0) is 14.4. The Kier molecular flexibility index (Phi) is 5.25. The summed E-state index contributed by atoms with van der Waals surface area (Å²) in [7, 11) is 0. The zero-order valence-electron chi connectivity index (χ0n) is 11.5. The third-order valence-electron chi connectivity index (χ3n) is 2.61. The molecule has 2 heterocycles. The first-order valence-electron chi connectivity index (χ1n) is 6.50. The maximum Gasteiger partial charge on any atom is 0.361 e. The highest BCUT2D eigenvalue weighted by atomic mass is 32.1. The first-order chi connectivity index (χ1) is 9.77. The van der Waals surface area contributed by atoms with Gasteiger partial charge in [-0.15, -0.1) is 16.4 Å². The molecular weight excluding hydrogens is 278 g/mol. The molecule has 0 atom stereocenters. The van der Waals surface area contributed by atoms with E-state index in [-0.39, 0.29) is 5.69 Å². The number of thiophene rings is 1. The van der Waals surface area contributed by atoms with Gasteiger partial charge in [0.25, 0.3) is 0 Å². The Labute approximate surface area is 121 Å². The van der Waals surface area contributed by atoms with E-state index in [9.17, 15) is 4.79 Å². The molecule has 0 N–H and O–H groups in total. The van der Waals surface area contributed by atoms with Crippen LogP contribution in [0, 0.1) is 0 Å². The molecule has 2 aromatic rings. The maximum absolute atomic E-state index is 11.9. The fourth-order valence-electron chi connectivity index (χ4n) is 1.76. The van der Waals surface area contributed by atoms with Crippen LogP contribution in [0.3, 0.4) is 0 Å². The van der Waals surface area contributed by atoms with E-state index in [4.69, 9.17) is 9.47 Å². The summed E-state index contributed by atoms with van der Waals surface area (Å²) < 4.78 is 12.0. The molecule has 0 unspecified atom stereocenters. The lowest BCUT2D eigenvalue weighted by molar-refractivity contribution is 0.0520. The van der Waals surface area contributed by atoms with Gasteiger partial charge in [-0.1, -0.05) is 11.3 Å². The monoisotopic (exact) mass is 295 g/mol. The Morgan fingerprint density at radius 2 is 2.25 bits per heavy atom. The molecule has 108 valence electrons. The van der Waals surface area contributed by atoms with Gasteiger partial charge in [0.2, 0.25) is 0 Å². The number of aromatic nitrogens is 3. The number of esters is 1. The molecule has 0 aliphatic rings. The molecular formula is C13H17N3O3S. The number of nitrogens with zero attached hydrogens (tertiary/aromatic N) is 3. The average Bonchev–Trinajstić information content (AvgIpc) is 3.07. The second kappa shape index (κ2) is 7.16. The lowest BCUT2D eigenvalue weighted by Crippen LogP contribution is -2.10. The third-order valence-corrected chi connectivity index (χ3v) is 3.49. The summed E-state index contributed by atoms with van der Waals surface area (Å²) in [6.45, 7) is 5.74. The first kappa shape index (κ1) is 14.7. The number of carbonyl (C=O) groups excluding carboxylic acids is 1. The van der Waals surface area contributed by atoms with Crippen LogP contribution in [0.5, 0.6) is 0 Å². The number of rotatable bonds is 7. The van der Waals surface area contributed by atoms with E-state index >= 15 is 0 Å². The predicted molar refractivity (Wildman–Crippen MR) is 75.8 cm³/mol. The van der Waals surface area contributed by atoms with E-state index in [1.165, 1.54) is 11.3 Å². The van der Waals surface area contributed by atoms with E-state index in [1.807, 2.05) is 24.4 Å². The van der Waals surface area contributed by atoms with Gasteiger partial charge in [0.1, 0.15) is 5.69 Å². The Hall–Kier alpha value is -1.73. The van der Waals surface area contributed by atoms with E-state index in [0.29, 0.717) is 32.1 Å². The van der Waals surface area contributed by atoms with Crippen LogP contribution in [0.2, 0.25) is 0 Å². The number of ether oxygens (including phenoxy) is 2. The summed E-state index contributed by atoms with van der Waals surface area (Å²) in [6.07, 6.45) is 0. The molecule has 0 saturated heterocycles.